The number of hydrogen-bond acceptors (Lipinski definition) is 4. The maximum atomic E-state index is 9.29. The lowest BCUT2D eigenvalue weighted by atomic mass is 10.2. The fourth-order valence-corrected chi connectivity index (χ4v) is 1.22. The maximum absolute atomic E-state index is 9.29. The van der Waals surface area contributed by atoms with Crippen molar-refractivity contribution in [1.82, 2.24) is 5.32 Å². The first kappa shape index (κ1) is 11.8. The summed E-state index contributed by atoms with van der Waals surface area (Å²) in [5.41, 5.74) is 0. The van der Waals surface area contributed by atoms with Gasteiger partial charge in [-0.25, -0.2) is 0 Å². The Morgan fingerprint density at radius 2 is 2.40 bits per heavy atom. The second-order valence-corrected chi connectivity index (χ2v) is 3.41. The molecule has 2 N–H and O–H groups in total. The highest BCUT2D eigenvalue weighted by atomic mass is 16.3. The zero-order valence-corrected chi connectivity index (χ0v) is 8.86. The Kier molecular flexibility index (Phi) is 4.88. The minimum atomic E-state index is -0.233. The van der Waals surface area contributed by atoms with E-state index >= 15 is 0 Å². The summed E-state index contributed by atoms with van der Waals surface area (Å²) < 4.78 is 5.18. The van der Waals surface area contributed by atoms with Gasteiger partial charge in [0.25, 0.3) is 0 Å². The van der Waals surface area contributed by atoms with E-state index in [0.717, 1.165) is 25.1 Å². The quantitative estimate of drug-likeness (QED) is 0.693. The Hall–Kier alpha value is -1.31. The number of nitrogens with zero attached hydrogens (tertiary/aromatic N) is 1. The summed E-state index contributed by atoms with van der Waals surface area (Å²) in [6, 6.07) is 5.36. The zero-order valence-electron chi connectivity index (χ0n) is 8.86. The van der Waals surface area contributed by atoms with Crippen molar-refractivity contribution in [3.63, 3.8) is 0 Å². The summed E-state index contributed by atoms with van der Waals surface area (Å²) in [5.74, 6) is 1.08. The molecule has 1 atom stereocenters. The first-order chi connectivity index (χ1) is 7.26. The van der Waals surface area contributed by atoms with Gasteiger partial charge in [-0.1, -0.05) is 6.92 Å². The summed E-state index contributed by atoms with van der Waals surface area (Å²) in [6.45, 7) is 3.30. The molecule has 0 aromatic carbocycles. The van der Waals surface area contributed by atoms with Gasteiger partial charge in [0, 0.05) is 0 Å². The molecule has 1 rings (SSSR count). The lowest BCUT2D eigenvalue weighted by Gasteiger charge is -2.07. The first-order valence-corrected chi connectivity index (χ1v) is 5.14. The molecule has 0 radical (unpaired) electrons. The molecule has 15 heavy (non-hydrogen) atoms. The Labute approximate surface area is 89.5 Å². The Bertz CT molecular complexity index is 328. The van der Waals surface area contributed by atoms with Gasteiger partial charge in [0.05, 0.1) is 12.6 Å². The number of furan rings is 1. The molecule has 1 aromatic heterocycles. The molecule has 4 heteroatoms. The Morgan fingerprint density at radius 3 is 3.00 bits per heavy atom. The number of hydrogen-bond donors (Lipinski definition) is 2. The predicted octanol–water partition coefficient (Wildman–Crippen LogP) is 1.40. The largest absolute Gasteiger partial charge is 0.449 e. The Morgan fingerprint density at radius 1 is 1.60 bits per heavy atom. The molecule has 0 bridgehead atoms. The standard InChI is InChI=1S/C11H16N2O2/c1-2-9(14)5-6-13-8-11-4-3-10(7-12)15-11/h3-4,9,13-14H,2,5-6,8H2,1H3. The van der Waals surface area contributed by atoms with Gasteiger partial charge in [-0.15, -0.1) is 0 Å². The van der Waals surface area contributed by atoms with Gasteiger partial charge < -0.3 is 14.8 Å². The molecule has 1 unspecified atom stereocenters. The first-order valence-electron chi connectivity index (χ1n) is 5.14. The van der Waals surface area contributed by atoms with Gasteiger partial charge in [-0.05, 0) is 31.5 Å². The summed E-state index contributed by atoms with van der Waals surface area (Å²) in [4.78, 5) is 0. The van der Waals surface area contributed by atoms with Crippen LogP contribution in [-0.2, 0) is 6.54 Å². The fraction of sp³-hybridized carbons (Fsp3) is 0.545. The van der Waals surface area contributed by atoms with Crippen LogP contribution in [0.25, 0.3) is 0 Å². The van der Waals surface area contributed by atoms with Crippen LogP contribution >= 0.6 is 0 Å². The number of aliphatic hydroxyl groups is 1. The van der Waals surface area contributed by atoms with Crippen LogP contribution in [0.4, 0.5) is 0 Å². The van der Waals surface area contributed by atoms with Crippen LogP contribution in [0.2, 0.25) is 0 Å². The van der Waals surface area contributed by atoms with Crippen molar-refractivity contribution in [2.45, 2.75) is 32.4 Å². The topological polar surface area (TPSA) is 69.2 Å². The average molecular weight is 208 g/mol. The van der Waals surface area contributed by atoms with E-state index in [1.165, 1.54) is 0 Å². The molecule has 0 aliphatic rings. The second kappa shape index (κ2) is 6.23. The molecule has 0 aliphatic carbocycles. The summed E-state index contributed by atoms with van der Waals surface area (Å²) >= 11 is 0. The van der Waals surface area contributed by atoms with Crippen LogP contribution in [0.3, 0.4) is 0 Å². The summed E-state index contributed by atoms with van der Waals surface area (Å²) in [5, 5.41) is 21.0. The molecule has 4 nitrogen and oxygen atoms in total. The molecule has 0 saturated heterocycles. The normalized spacial score (nSPS) is 12.3. The molecule has 1 aromatic rings. The van der Waals surface area contributed by atoms with Crippen molar-refractivity contribution in [3.05, 3.63) is 23.7 Å². The van der Waals surface area contributed by atoms with E-state index in [0.29, 0.717) is 12.3 Å². The smallest absolute Gasteiger partial charge is 0.203 e. The van der Waals surface area contributed by atoms with Crippen LogP contribution in [-0.4, -0.2) is 17.8 Å². The molecule has 0 spiro atoms. The number of nitrogens with one attached hydrogen (secondary N) is 1. The SMILES string of the molecule is CCC(O)CCNCc1ccc(C#N)o1. The van der Waals surface area contributed by atoms with Crippen LogP contribution in [0.15, 0.2) is 16.5 Å². The molecule has 0 aliphatic heterocycles. The average Bonchev–Trinajstić information content (AvgIpc) is 2.72. The summed E-state index contributed by atoms with van der Waals surface area (Å²) in [6.07, 6.45) is 1.28. The third kappa shape index (κ3) is 4.15. The highest BCUT2D eigenvalue weighted by Crippen LogP contribution is 2.05. The van der Waals surface area contributed by atoms with Crippen molar-refractivity contribution < 1.29 is 9.52 Å². The molecule has 1 heterocycles. The number of aliphatic hydroxyl groups excluding tert-OH is 1. The molecular formula is C11H16N2O2. The lowest BCUT2D eigenvalue weighted by molar-refractivity contribution is 0.159. The predicted molar refractivity (Wildman–Crippen MR) is 56.0 cm³/mol. The van der Waals surface area contributed by atoms with Crippen molar-refractivity contribution in [3.8, 4) is 6.07 Å². The molecular weight excluding hydrogens is 192 g/mol. The molecule has 0 saturated carbocycles. The van der Waals surface area contributed by atoms with E-state index in [4.69, 9.17) is 9.68 Å². The maximum Gasteiger partial charge on any atom is 0.203 e. The molecule has 82 valence electrons. The second-order valence-electron chi connectivity index (χ2n) is 3.41. The Balaban J connectivity index is 2.18. The van der Waals surface area contributed by atoms with Gasteiger partial charge in [0.15, 0.2) is 0 Å². The van der Waals surface area contributed by atoms with Gasteiger partial charge >= 0.3 is 0 Å². The number of rotatable bonds is 6. The van der Waals surface area contributed by atoms with Crippen molar-refractivity contribution in [2.24, 2.45) is 0 Å². The highest BCUT2D eigenvalue weighted by Gasteiger charge is 2.02. The van der Waals surface area contributed by atoms with E-state index in [1.807, 2.05) is 13.0 Å². The van der Waals surface area contributed by atoms with Crippen molar-refractivity contribution in [1.29, 1.82) is 5.26 Å². The van der Waals surface area contributed by atoms with Crippen LogP contribution < -0.4 is 5.32 Å². The molecule has 0 fully saturated rings. The lowest BCUT2D eigenvalue weighted by Crippen LogP contribution is -2.19. The van der Waals surface area contributed by atoms with E-state index in [1.54, 1.807) is 12.1 Å². The highest BCUT2D eigenvalue weighted by molar-refractivity contribution is 5.18. The van der Waals surface area contributed by atoms with Crippen LogP contribution in [0, 0.1) is 11.3 Å². The van der Waals surface area contributed by atoms with Gasteiger partial charge in [0.2, 0.25) is 5.76 Å². The fourth-order valence-electron chi connectivity index (χ4n) is 1.22. The van der Waals surface area contributed by atoms with E-state index < -0.39 is 0 Å². The number of nitriles is 1. The van der Waals surface area contributed by atoms with E-state index in [-0.39, 0.29) is 6.10 Å². The third-order valence-electron chi connectivity index (χ3n) is 2.20. The van der Waals surface area contributed by atoms with Crippen LogP contribution in [0.1, 0.15) is 31.3 Å². The van der Waals surface area contributed by atoms with Crippen molar-refractivity contribution >= 4 is 0 Å². The van der Waals surface area contributed by atoms with Gasteiger partial charge in [-0.2, -0.15) is 5.26 Å². The third-order valence-corrected chi connectivity index (χ3v) is 2.20. The summed E-state index contributed by atoms with van der Waals surface area (Å²) in [7, 11) is 0. The van der Waals surface area contributed by atoms with Gasteiger partial charge in [0.1, 0.15) is 11.8 Å². The van der Waals surface area contributed by atoms with Crippen LogP contribution in [0.5, 0.6) is 0 Å². The molecule has 0 amide bonds. The minimum absolute atomic E-state index is 0.233. The monoisotopic (exact) mass is 208 g/mol. The van der Waals surface area contributed by atoms with Gasteiger partial charge in [-0.3, -0.25) is 0 Å². The van der Waals surface area contributed by atoms with Crippen molar-refractivity contribution in [2.75, 3.05) is 6.54 Å². The van der Waals surface area contributed by atoms with E-state index in [2.05, 4.69) is 5.32 Å². The van der Waals surface area contributed by atoms with E-state index in [9.17, 15) is 5.11 Å². The zero-order chi connectivity index (χ0) is 11.1. The minimum Gasteiger partial charge on any atom is -0.449 e.